The van der Waals surface area contributed by atoms with Crippen molar-refractivity contribution in [1.29, 1.82) is 0 Å². The molecule has 1 fully saturated rings. The van der Waals surface area contributed by atoms with Crippen molar-refractivity contribution in [2.24, 2.45) is 0 Å². The Morgan fingerprint density at radius 3 is 2.75 bits per heavy atom. The summed E-state index contributed by atoms with van der Waals surface area (Å²) in [7, 11) is 0. The van der Waals surface area contributed by atoms with E-state index in [-0.39, 0.29) is 11.9 Å². The molecule has 3 aromatic rings. The molecule has 1 N–H and O–H groups in total. The van der Waals surface area contributed by atoms with Crippen molar-refractivity contribution < 1.29 is 4.79 Å². The van der Waals surface area contributed by atoms with Crippen LogP contribution in [0, 0.1) is 18.6 Å². The Kier molecular flexibility index (Phi) is 5.46. The molecule has 1 aliphatic heterocycles. The summed E-state index contributed by atoms with van der Waals surface area (Å²) in [5.74, 6) is 0.969. The molecule has 0 spiro atoms. The van der Waals surface area contributed by atoms with Crippen molar-refractivity contribution in [2.75, 3.05) is 6.54 Å². The molecular formula is C21H24N4OS2. The Morgan fingerprint density at radius 1 is 1.25 bits per heavy atom. The minimum atomic E-state index is 0.187. The maximum atomic E-state index is 13.0. The Bertz CT molecular complexity index is 1030. The molecule has 5 nitrogen and oxygen atoms in total. The monoisotopic (exact) mass is 412 g/mol. The molecule has 0 aliphatic carbocycles. The topological polar surface area (TPSA) is 53.9 Å². The molecule has 7 heteroatoms. The van der Waals surface area contributed by atoms with Gasteiger partial charge in [-0.3, -0.25) is 14.5 Å². The van der Waals surface area contributed by atoms with Gasteiger partial charge in [0.05, 0.1) is 6.04 Å². The Labute approximate surface area is 174 Å². The highest BCUT2D eigenvalue weighted by Gasteiger charge is 2.30. The average molecular weight is 413 g/mol. The van der Waals surface area contributed by atoms with E-state index in [9.17, 15) is 4.79 Å². The number of carbonyl (C=O) groups excluding carboxylic acids is 1. The molecule has 0 bridgehead atoms. The zero-order valence-corrected chi connectivity index (χ0v) is 17.8. The third-order valence-electron chi connectivity index (χ3n) is 5.28. The molecule has 2 aromatic heterocycles. The minimum absolute atomic E-state index is 0.187. The van der Waals surface area contributed by atoms with Crippen molar-refractivity contribution in [3.63, 3.8) is 0 Å². The van der Waals surface area contributed by atoms with Crippen LogP contribution in [0.25, 0.3) is 11.4 Å². The van der Waals surface area contributed by atoms with Gasteiger partial charge in [-0.25, -0.2) is 0 Å². The molecule has 3 heterocycles. The van der Waals surface area contributed by atoms with Crippen LogP contribution in [-0.4, -0.2) is 32.1 Å². The second-order valence-corrected chi connectivity index (χ2v) is 9.02. The fraction of sp³-hybridized carbons (Fsp3) is 0.381. The second kappa shape index (κ2) is 8.01. The second-order valence-electron chi connectivity index (χ2n) is 7.31. The van der Waals surface area contributed by atoms with E-state index in [2.05, 4.69) is 48.3 Å². The number of H-pyrrole nitrogens is 1. The first-order valence-corrected chi connectivity index (χ1v) is 10.8. The third kappa shape index (κ3) is 3.82. The number of carbonyl (C=O) groups is 1. The van der Waals surface area contributed by atoms with Gasteiger partial charge in [0, 0.05) is 34.8 Å². The molecule has 1 unspecified atom stereocenters. The molecule has 1 atom stereocenters. The SMILES string of the molecule is Cc1ccc(-c2n[nH]c(=S)n2CCC(=O)N2CCCC2c2ccc(C)s2)cc1. The summed E-state index contributed by atoms with van der Waals surface area (Å²) in [5.41, 5.74) is 2.20. The lowest BCUT2D eigenvalue weighted by atomic mass is 10.1. The van der Waals surface area contributed by atoms with Crippen molar-refractivity contribution >= 4 is 29.5 Å². The Hall–Kier alpha value is -2.25. The minimum Gasteiger partial charge on any atom is -0.335 e. The van der Waals surface area contributed by atoms with E-state index in [0.717, 1.165) is 30.8 Å². The average Bonchev–Trinajstić information content (AvgIpc) is 3.40. The van der Waals surface area contributed by atoms with E-state index in [4.69, 9.17) is 12.2 Å². The lowest BCUT2D eigenvalue weighted by molar-refractivity contribution is -0.132. The van der Waals surface area contributed by atoms with Crippen LogP contribution in [0.5, 0.6) is 0 Å². The highest BCUT2D eigenvalue weighted by molar-refractivity contribution is 7.71. The largest absolute Gasteiger partial charge is 0.335 e. The number of nitrogens with one attached hydrogen (secondary N) is 1. The predicted molar refractivity (Wildman–Crippen MR) is 115 cm³/mol. The number of thiophene rings is 1. The molecular weight excluding hydrogens is 388 g/mol. The van der Waals surface area contributed by atoms with Gasteiger partial charge in [0.1, 0.15) is 0 Å². The smallest absolute Gasteiger partial charge is 0.224 e. The lowest BCUT2D eigenvalue weighted by Gasteiger charge is -2.24. The number of aromatic nitrogens is 3. The number of rotatable bonds is 5. The van der Waals surface area contributed by atoms with Crippen molar-refractivity contribution in [1.82, 2.24) is 19.7 Å². The molecule has 1 aliphatic rings. The zero-order chi connectivity index (χ0) is 19.7. The maximum absolute atomic E-state index is 13.0. The first kappa shape index (κ1) is 19.1. The summed E-state index contributed by atoms with van der Waals surface area (Å²) in [6.45, 7) is 5.54. The Morgan fingerprint density at radius 2 is 2.04 bits per heavy atom. The standard InChI is InChI=1S/C21H24N4OS2/c1-14-5-8-16(9-6-14)20-22-23-21(27)25(20)13-11-19(26)24-12-3-4-17(24)18-10-7-15(2)28-18/h5-10,17H,3-4,11-13H2,1-2H3,(H,23,27). The zero-order valence-electron chi connectivity index (χ0n) is 16.1. The highest BCUT2D eigenvalue weighted by atomic mass is 32.1. The number of nitrogens with zero attached hydrogens (tertiary/aromatic N) is 3. The summed E-state index contributed by atoms with van der Waals surface area (Å²) >= 11 is 7.20. The number of benzene rings is 1. The maximum Gasteiger partial charge on any atom is 0.224 e. The van der Waals surface area contributed by atoms with Crippen molar-refractivity contribution in [2.45, 2.75) is 45.7 Å². The van der Waals surface area contributed by atoms with Crippen LogP contribution >= 0.6 is 23.6 Å². The molecule has 1 aromatic carbocycles. The molecule has 1 amide bonds. The number of aromatic amines is 1. The lowest BCUT2D eigenvalue weighted by Crippen LogP contribution is -2.30. The van der Waals surface area contributed by atoms with Gasteiger partial charge in [0.2, 0.25) is 5.91 Å². The summed E-state index contributed by atoms with van der Waals surface area (Å²) < 4.78 is 2.48. The van der Waals surface area contributed by atoms with Gasteiger partial charge < -0.3 is 4.90 Å². The van der Waals surface area contributed by atoms with Gasteiger partial charge in [-0.2, -0.15) is 5.10 Å². The number of aryl methyl sites for hydroxylation is 2. The Balaban J connectivity index is 1.49. The van der Waals surface area contributed by atoms with Crippen LogP contribution in [0.15, 0.2) is 36.4 Å². The molecule has 146 valence electrons. The van der Waals surface area contributed by atoms with Gasteiger partial charge in [0.15, 0.2) is 10.6 Å². The van der Waals surface area contributed by atoms with Gasteiger partial charge in [-0.1, -0.05) is 29.8 Å². The van der Waals surface area contributed by atoms with E-state index in [1.165, 1.54) is 15.3 Å². The quantitative estimate of drug-likeness (QED) is 0.597. The molecule has 1 saturated heterocycles. The third-order valence-corrected chi connectivity index (χ3v) is 6.69. The first-order valence-electron chi connectivity index (χ1n) is 9.61. The summed E-state index contributed by atoms with van der Waals surface area (Å²) in [6, 6.07) is 12.7. The molecule has 0 saturated carbocycles. The first-order chi connectivity index (χ1) is 13.5. The van der Waals surface area contributed by atoms with Crippen LogP contribution in [0.4, 0.5) is 0 Å². The van der Waals surface area contributed by atoms with E-state index in [0.29, 0.717) is 17.7 Å². The normalized spacial score (nSPS) is 16.6. The van der Waals surface area contributed by atoms with Gasteiger partial charge in [-0.15, -0.1) is 11.3 Å². The van der Waals surface area contributed by atoms with Crippen LogP contribution < -0.4 is 0 Å². The van der Waals surface area contributed by atoms with Crippen LogP contribution in [0.3, 0.4) is 0 Å². The van der Waals surface area contributed by atoms with Crippen molar-refractivity contribution in [3.05, 3.63) is 56.5 Å². The highest BCUT2D eigenvalue weighted by Crippen LogP contribution is 2.36. The summed E-state index contributed by atoms with van der Waals surface area (Å²) in [6.07, 6.45) is 2.53. The summed E-state index contributed by atoms with van der Waals surface area (Å²) in [5, 5.41) is 7.25. The van der Waals surface area contributed by atoms with E-state index in [1.807, 2.05) is 21.6 Å². The van der Waals surface area contributed by atoms with Crippen LogP contribution in [-0.2, 0) is 11.3 Å². The molecule has 28 heavy (non-hydrogen) atoms. The van der Waals surface area contributed by atoms with Gasteiger partial charge >= 0.3 is 0 Å². The van der Waals surface area contributed by atoms with Gasteiger partial charge in [-0.05, 0) is 51.0 Å². The fourth-order valence-electron chi connectivity index (χ4n) is 3.79. The van der Waals surface area contributed by atoms with E-state index in [1.54, 1.807) is 11.3 Å². The number of likely N-dealkylation sites (tertiary alicyclic amines) is 1. The van der Waals surface area contributed by atoms with Gasteiger partial charge in [0.25, 0.3) is 0 Å². The number of amides is 1. The van der Waals surface area contributed by atoms with E-state index >= 15 is 0 Å². The molecule has 4 rings (SSSR count). The van der Waals surface area contributed by atoms with Crippen LogP contribution in [0.1, 0.15) is 40.6 Å². The number of hydrogen-bond donors (Lipinski definition) is 1. The summed E-state index contributed by atoms with van der Waals surface area (Å²) in [4.78, 5) is 17.6. The fourth-order valence-corrected chi connectivity index (χ4v) is 5.04. The molecule has 0 radical (unpaired) electrons. The van der Waals surface area contributed by atoms with E-state index < -0.39 is 0 Å². The number of hydrogen-bond acceptors (Lipinski definition) is 4. The predicted octanol–water partition coefficient (Wildman–Crippen LogP) is 5.04. The van der Waals surface area contributed by atoms with Crippen LogP contribution in [0.2, 0.25) is 0 Å². The van der Waals surface area contributed by atoms with Crippen molar-refractivity contribution in [3.8, 4) is 11.4 Å².